The van der Waals surface area contributed by atoms with Gasteiger partial charge in [-0.15, -0.1) is 0 Å². The molecule has 0 N–H and O–H groups in total. The number of hydrogen-bond acceptors (Lipinski definition) is 4. The number of ether oxygens (including phenoxy) is 1. The molecule has 1 saturated heterocycles. The molecule has 1 aliphatic rings. The summed E-state index contributed by atoms with van der Waals surface area (Å²) in [6.45, 7) is -0.645. The van der Waals surface area contributed by atoms with Crippen molar-refractivity contribution in [3.63, 3.8) is 0 Å². The Kier molecular flexibility index (Phi) is 6.19. The van der Waals surface area contributed by atoms with Crippen LogP contribution in [0.3, 0.4) is 0 Å². The van der Waals surface area contributed by atoms with E-state index in [-0.39, 0.29) is 32.2 Å². The van der Waals surface area contributed by atoms with Crippen molar-refractivity contribution in [2.24, 2.45) is 0 Å². The highest BCUT2D eigenvalue weighted by molar-refractivity contribution is 7.88. The van der Waals surface area contributed by atoms with E-state index in [2.05, 4.69) is 0 Å². The molecular formula is C15H16F6N2O4S. The van der Waals surface area contributed by atoms with Crippen molar-refractivity contribution < 1.29 is 44.3 Å². The molecule has 28 heavy (non-hydrogen) atoms. The number of carbonyl (C=O) groups is 1. The molecular weight excluding hydrogens is 418 g/mol. The average molecular weight is 434 g/mol. The predicted octanol–water partition coefficient (Wildman–Crippen LogP) is 2.21. The van der Waals surface area contributed by atoms with E-state index >= 15 is 0 Å². The molecule has 0 bridgehead atoms. The van der Waals surface area contributed by atoms with Gasteiger partial charge in [0.2, 0.25) is 10.0 Å². The van der Waals surface area contributed by atoms with Crippen molar-refractivity contribution in [1.29, 1.82) is 0 Å². The Morgan fingerprint density at radius 1 is 0.964 bits per heavy atom. The van der Waals surface area contributed by atoms with Crippen LogP contribution in [0.1, 0.15) is 11.1 Å². The molecule has 1 amide bonds. The van der Waals surface area contributed by atoms with Crippen LogP contribution >= 0.6 is 0 Å². The summed E-state index contributed by atoms with van der Waals surface area (Å²) in [4.78, 5) is 13.3. The van der Waals surface area contributed by atoms with Crippen LogP contribution in [0, 0.1) is 0 Å². The van der Waals surface area contributed by atoms with Crippen LogP contribution in [0.2, 0.25) is 0 Å². The first-order valence-electron chi connectivity index (χ1n) is 7.83. The Bertz CT molecular complexity index is 798. The molecule has 13 heteroatoms. The average Bonchev–Trinajstić information content (AvgIpc) is 2.57. The van der Waals surface area contributed by atoms with Gasteiger partial charge in [-0.25, -0.2) is 8.42 Å². The number of benzene rings is 1. The van der Waals surface area contributed by atoms with E-state index in [0.29, 0.717) is 12.1 Å². The highest BCUT2D eigenvalue weighted by atomic mass is 32.2. The summed E-state index contributed by atoms with van der Waals surface area (Å²) in [6, 6.07) is 0.716. The fourth-order valence-electron chi connectivity index (χ4n) is 2.52. The molecule has 0 saturated carbocycles. The molecule has 158 valence electrons. The van der Waals surface area contributed by atoms with Gasteiger partial charge >= 0.3 is 12.4 Å². The summed E-state index contributed by atoms with van der Waals surface area (Å²) in [5.74, 6) is -1.43. The van der Waals surface area contributed by atoms with Gasteiger partial charge in [0, 0.05) is 26.2 Å². The van der Waals surface area contributed by atoms with Crippen molar-refractivity contribution in [2.75, 3.05) is 39.0 Å². The number of rotatable bonds is 4. The van der Waals surface area contributed by atoms with E-state index < -0.39 is 51.8 Å². The minimum atomic E-state index is -5.02. The Hall–Kier alpha value is -2.02. The zero-order chi connectivity index (χ0) is 21.3. The quantitative estimate of drug-likeness (QED) is 0.682. The van der Waals surface area contributed by atoms with E-state index in [4.69, 9.17) is 4.74 Å². The number of carbonyl (C=O) groups excluding carboxylic acids is 1. The molecule has 6 nitrogen and oxygen atoms in total. The summed E-state index contributed by atoms with van der Waals surface area (Å²) in [5, 5.41) is 0. The van der Waals surface area contributed by atoms with Crippen LogP contribution in [0.25, 0.3) is 0 Å². The smallest absolute Gasteiger partial charge is 0.416 e. The van der Waals surface area contributed by atoms with Gasteiger partial charge in [-0.2, -0.15) is 30.6 Å². The van der Waals surface area contributed by atoms with E-state index in [9.17, 15) is 39.6 Å². The molecule has 1 heterocycles. The summed E-state index contributed by atoms with van der Waals surface area (Å²) in [6.07, 6.45) is -9.03. The number of hydrogen-bond donors (Lipinski definition) is 0. The number of piperazine rings is 1. The van der Waals surface area contributed by atoms with Crippen LogP contribution in [0.15, 0.2) is 18.2 Å². The van der Waals surface area contributed by atoms with Crippen molar-refractivity contribution in [2.45, 2.75) is 12.4 Å². The third-order valence-corrected chi connectivity index (χ3v) is 5.29. The number of sulfonamides is 1. The maximum atomic E-state index is 12.8. The Balaban J connectivity index is 2.07. The van der Waals surface area contributed by atoms with Crippen LogP contribution in [-0.2, 0) is 27.2 Å². The van der Waals surface area contributed by atoms with E-state index in [1.54, 1.807) is 0 Å². The molecule has 0 aliphatic carbocycles. The maximum Gasteiger partial charge on any atom is 0.416 e. The minimum absolute atomic E-state index is 0.0334. The minimum Gasteiger partial charge on any atom is -0.484 e. The second-order valence-electron chi connectivity index (χ2n) is 6.07. The summed E-state index contributed by atoms with van der Waals surface area (Å²) < 4.78 is 106. The molecule has 1 aliphatic heterocycles. The molecule has 0 atom stereocenters. The Morgan fingerprint density at radius 2 is 1.43 bits per heavy atom. The summed E-state index contributed by atoms with van der Waals surface area (Å²) in [7, 11) is -3.42. The predicted molar refractivity (Wildman–Crippen MR) is 84.9 cm³/mol. The Morgan fingerprint density at radius 3 is 1.82 bits per heavy atom. The molecule has 0 spiro atoms. The van der Waals surface area contributed by atoms with E-state index in [1.807, 2.05) is 0 Å². The highest BCUT2D eigenvalue weighted by Gasteiger charge is 2.37. The monoisotopic (exact) mass is 434 g/mol. The molecule has 0 aromatic heterocycles. The fraction of sp³-hybridized carbons (Fsp3) is 0.533. The largest absolute Gasteiger partial charge is 0.484 e. The lowest BCUT2D eigenvalue weighted by Gasteiger charge is -2.33. The van der Waals surface area contributed by atoms with Crippen molar-refractivity contribution in [1.82, 2.24) is 9.21 Å². The van der Waals surface area contributed by atoms with E-state index in [1.165, 1.54) is 4.90 Å². The molecule has 1 aromatic rings. The third kappa shape index (κ3) is 5.74. The van der Waals surface area contributed by atoms with Crippen molar-refractivity contribution >= 4 is 15.9 Å². The molecule has 1 fully saturated rings. The standard InChI is InChI=1S/C15H16F6N2O4S/c1-28(25,26)23-4-2-22(3-5-23)13(24)9-27-12-7-10(14(16,17)18)6-11(8-12)15(19,20)21/h6-8H,2-5,9H2,1H3. The number of amides is 1. The number of nitrogens with zero attached hydrogens (tertiary/aromatic N) is 2. The number of alkyl halides is 6. The van der Waals surface area contributed by atoms with Gasteiger partial charge in [0.05, 0.1) is 17.4 Å². The fourth-order valence-corrected chi connectivity index (χ4v) is 3.34. The van der Waals surface area contributed by atoms with Crippen LogP contribution in [-0.4, -0.2) is 62.6 Å². The molecule has 1 aromatic carbocycles. The molecule has 2 rings (SSSR count). The summed E-state index contributed by atoms with van der Waals surface area (Å²) in [5.41, 5.74) is -3.10. The van der Waals surface area contributed by atoms with Crippen LogP contribution in [0.5, 0.6) is 5.75 Å². The molecule has 0 radical (unpaired) electrons. The second-order valence-corrected chi connectivity index (χ2v) is 8.06. The second kappa shape index (κ2) is 7.78. The van der Waals surface area contributed by atoms with E-state index in [0.717, 1.165) is 10.6 Å². The Labute approximate surface area is 156 Å². The van der Waals surface area contributed by atoms with Gasteiger partial charge in [0.1, 0.15) is 5.75 Å². The van der Waals surface area contributed by atoms with Gasteiger partial charge < -0.3 is 9.64 Å². The zero-order valence-electron chi connectivity index (χ0n) is 14.5. The van der Waals surface area contributed by atoms with Gasteiger partial charge in [-0.1, -0.05) is 0 Å². The van der Waals surface area contributed by atoms with Crippen LogP contribution < -0.4 is 4.74 Å². The third-order valence-electron chi connectivity index (χ3n) is 3.98. The summed E-state index contributed by atoms with van der Waals surface area (Å²) >= 11 is 0. The molecule has 0 unspecified atom stereocenters. The van der Waals surface area contributed by atoms with Gasteiger partial charge in [-0.05, 0) is 18.2 Å². The van der Waals surface area contributed by atoms with Crippen LogP contribution in [0.4, 0.5) is 26.3 Å². The lowest BCUT2D eigenvalue weighted by molar-refractivity contribution is -0.143. The van der Waals surface area contributed by atoms with Crippen molar-refractivity contribution in [3.8, 4) is 5.75 Å². The highest BCUT2D eigenvalue weighted by Crippen LogP contribution is 2.38. The maximum absolute atomic E-state index is 12.8. The first-order chi connectivity index (χ1) is 12.7. The topological polar surface area (TPSA) is 66.9 Å². The lowest BCUT2D eigenvalue weighted by Crippen LogP contribution is -2.51. The normalized spacial score (nSPS) is 16.9. The number of halogens is 6. The lowest BCUT2D eigenvalue weighted by atomic mass is 10.1. The first-order valence-corrected chi connectivity index (χ1v) is 9.68. The van der Waals surface area contributed by atoms with Gasteiger partial charge in [0.15, 0.2) is 6.61 Å². The van der Waals surface area contributed by atoms with Gasteiger partial charge in [-0.3, -0.25) is 4.79 Å². The van der Waals surface area contributed by atoms with Crippen molar-refractivity contribution in [3.05, 3.63) is 29.3 Å². The zero-order valence-corrected chi connectivity index (χ0v) is 15.3. The van der Waals surface area contributed by atoms with Gasteiger partial charge in [0.25, 0.3) is 5.91 Å². The first kappa shape index (κ1) is 22.3. The SMILES string of the molecule is CS(=O)(=O)N1CCN(C(=O)COc2cc(C(F)(F)F)cc(C(F)(F)F)c2)CC1.